The molecule has 22 heavy (non-hydrogen) atoms. The van der Waals surface area contributed by atoms with E-state index in [1.807, 2.05) is 6.92 Å². The molecule has 1 heterocycles. The van der Waals surface area contributed by atoms with E-state index in [1.54, 1.807) is 0 Å². The Morgan fingerprint density at radius 3 is 2.86 bits per heavy atom. The van der Waals surface area contributed by atoms with Gasteiger partial charge in [0.2, 0.25) is 0 Å². The third kappa shape index (κ3) is 11.3. The standard InChI is InChI=1S/C16H31N3O2.HI/c1-3-17-16(18-10-5-6-12-20-4-2)19-11-7-15-8-13-21-14-9-15;/h8H,3-7,9-14H2,1-2H3,(H2,17,18,19);1H. The van der Waals surface area contributed by atoms with E-state index in [1.165, 1.54) is 5.57 Å². The summed E-state index contributed by atoms with van der Waals surface area (Å²) in [4.78, 5) is 4.59. The number of ether oxygens (including phenoxy) is 2. The maximum Gasteiger partial charge on any atom is 0.191 e. The molecule has 0 radical (unpaired) electrons. The number of hydrogen-bond acceptors (Lipinski definition) is 3. The van der Waals surface area contributed by atoms with Gasteiger partial charge >= 0.3 is 0 Å². The van der Waals surface area contributed by atoms with E-state index < -0.39 is 0 Å². The molecule has 0 fully saturated rings. The van der Waals surface area contributed by atoms with Crippen LogP contribution in [-0.2, 0) is 9.47 Å². The average molecular weight is 425 g/mol. The van der Waals surface area contributed by atoms with Crippen LogP contribution in [0.2, 0.25) is 0 Å². The number of hydrogen-bond donors (Lipinski definition) is 2. The lowest BCUT2D eigenvalue weighted by Crippen LogP contribution is -2.38. The molecule has 0 bridgehead atoms. The predicted octanol–water partition coefficient (Wildman–Crippen LogP) is 2.71. The van der Waals surface area contributed by atoms with Gasteiger partial charge in [0.15, 0.2) is 5.96 Å². The monoisotopic (exact) mass is 425 g/mol. The molecule has 1 rings (SSSR count). The molecular weight excluding hydrogens is 393 g/mol. The van der Waals surface area contributed by atoms with Crippen LogP contribution >= 0.6 is 24.0 Å². The summed E-state index contributed by atoms with van der Waals surface area (Å²) in [6.45, 7) is 10.0. The van der Waals surface area contributed by atoms with Crippen molar-refractivity contribution in [2.75, 3.05) is 46.1 Å². The molecule has 0 saturated heterocycles. The van der Waals surface area contributed by atoms with Crippen molar-refractivity contribution in [1.82, 2.24) is 10.6 Å². The molecule has 0 aromatic carbocycles. The highest BCUT2D eigenvalue weighted by Crippen LogP contribution is 2.10. The Balaban J connectivity index is 0.00000441. The maximum absolute atomic E-state index is 5.32. The van der Waals surface area contributed by atoms with Gasteiger partial charge in [0, 0.05) is 32.8 Å². The first kappa shape index (κ1) is 21.7. The quantitative estimate of drug-likeness (QED) is 0.186. The first-order chi connectivity index (χ1) is 10.4. The van der Waals surface area contributed by atoms with Crippen LogP contribution in [0, 0.1) is 0 Å². The van der Waals surface area contributed by atoms with E-state index in [-0.39, 0.29) is 24.0 Å². The fraction of sp³-hybridized carbons (Fsp3) is 0.812. The molecule has 1 aliphatic rings. The summed E-state index contributed by atoms with van der Waals surface area (Å²) in [6.07, 6.45) is 6.47. The van der Waals surface area contributed by atoms with E-state index in [9.17, 15) is 0 Å². The smallest absolute Gasteiger partial charge is 0.191 e. The highest BCUT2D eigenvalue weighted by Gasteiger charge is 2.04. The van der Waals surface area contributed by atoms with Gasteiger partial charge in [-0.15, -0.1) is 24.0 Å². The van der Waals surface area contributed by atoms with Gasteiger partial charge in [0.25, 0.3) is 0 Å². The first-order valence-electron chi connectivity index (χ1n) is 8.22. The van der Waals surface area contributed by atoms with Gasteiger partial charge in [-0.25, -0.2) is 0 Å². The highest BCUT2D eigenvalue weighted by molar-refractivity contribution is 14.0. The second kappa shape index (κ2) is 15.6. The lowest BCUT2D eigenvalue weighted by molar-refractivity contribution is 0.144. The van der Waals surface area contributed by atoms with Crippen LogP contribution in [-0.4, -0.2) is 52.0 Å². The van der Waals surface area contributed by atoms with Crippen LogP contribution in [0.5, 0.6) is 0 Å². The summed E-state index contributed by atoms with van der Waals surface area (Å²) in [5.74, 6) is 0.918. The molecule has 5 nitrogen and oxygen atoms in total. The summed E-state index contributed by atoms with van der Waals surface area (Å²) < 4.78 is 10.6. The van der Waals surface area contributed by atoms with Crippen molar-refractivity contribution in [2.24, 2.45) is 4.99 Å². The van der Waals surface area contributed by atoms with Crippen molar-refractivity contribution in [3.63, 3.8) is 0 Å². The van der Waals surface area contributed by atoms with Crippen LogP contribution in [0.3, 0.4) is 0 Å². The second-order valence-electron chi connectivity index (χ2n) is 5.03. The number of unbranched alkanes of at least 4 members (excludes halogenated alkanes) is 1. The number of halogens is 1. The summed E-state index contributed by atoms with van der Waals surface area (Å²) in [7, 11) is 0. The fourth-order valence-electron chi connectivity index (χ4n) is 2.13. The molecule has 0 aromatic heterocycles. The average Bonchev–Trinajstić information content (AvgIpc) is 2.51. The Bertz CT molecular complexity index is 323. The van der Waals surface area contributed by atoms with Crippen LogP contribution in [0.4, 0.5) is 0 Å². The minimum Gasteiger partial charge on any atom is -0.382 e. The minimum absolute atomic E-state index is 0. The van der Waals surface area contributed by atoms with Crippen molar-refractivity contribution < 1.29 is 9.47 Å². The SMILES string of the molecule is CCNC(=NCCCCOCC)NCCC1=CCOCC1.I. The van der Waals surface area contributed by atoms with Gasteiger partial charge < -0.3 is 20.1 Å². The van der Waals surface area contributed by atoms with Gasteiger partial charge in [-0.2, -0.15) is 0 Å². The zero-order valence-electron chi connectivity index (χ0n) is 14.0. The maximum atomic E-state index is 5.32. The fourth-order valence-corrected chi connectivity index (χ4v) is 2.13. The molecule has 2 N–H and O–H groups in total. The molecule has 1 aliphatic heterocycles. The Morgan fingerprint density at radius 1 is 1.32 bits per heavy atom. The van der Waals surface area contributed by atoms with Crippen LogP contribution in [0.15, 0.2) is 16.6 Å². The normalized spacial score (nSPS) is 15.0. The molecule has 0 unspecified atom stereocenters. The van der Waals surface area contributed by atoms with E-state index in [4.69, 9.17) is 9.47 Å². The third-order valence-corrected chi connectivity index (χ3v) is 3.31. The summed E-state index contributed by atoms with van der Waals surface area (Å²) in [5, 5.41) is 6.68. The molecule has 0 saturated carbocycles. The van der Waals surface area contributed by atoms with Gasteiger partial charge in [-0.1, -0.05) is 11.6 Å². The van der Waals surface area contributed by atoms with Gasteiger partial charge in [-0.05, 0) is 39.5 Å². The van der Waals surface area contributed by atoms with E-state index in [0.717, 1.165) is 77.7 Å². The predicted molar refractivity (Wildman–Crippen MR) is 103 cm³/mol. The van der Waals surface area contributed by atoms with Crippen molar-refractivity contribution in [3.05, 3.63) is 11.6 Å². The topological polar surface area (TPSA) is 54.9 Å². The van der Waals surface area contributed by atoms with E-state index in [0.29, 0.717) is 0 Å². The molecule has 0 atom stereocenters. The zero-order chi connectivity index (χ0) is 15.2. The molecular formula is C16H32IN3O2. The molecule has 0 spiro atoms. The summed E-state index contributed by atoms with van der Waals surface area (Å²) >= 11 is 0. The number of guanidine groups is 1. The largest absolute Gasteiger partial charge is 0.382 e. The Hall–Kier alpha value is -0.340. The zero-order valence-corrected chi connectivity index (χ0v) is 16.4. The van der Waals surface area contributed by atoms with Crippen LogP contribution < -0.4 is 10.6 Å². The second-order valence-corrected chi connectivity index (χ2v) is 5.03. The van der Waals surface area contributed by atoms with E-state index >= 15 is 0 Å². The van der Waals surface area contributed by atoms with Crippen molar-refractivity contribution in [2.45, 2.75) is 39.5 Å². The van der Waals surface area contributed by atoms with Crippen molar-refractivity contribution in [1.29, 1.82) is 0 Å². The van der Waals surface area contributed by atoms with Crippen molar-refractivity contribution >= 4 is 29.9 Å². The van der Waals surface area contributed by atoms with Crippen LogP contribution in [0.25, 0.3) is 0 Å². The lowest BCUT2D eigenvalue weighted by Gasteiger charge is -2.15. The molecule has 6 heteroatoms. The first-order valence-corrected chi connectivity index (χ1v) is 8.22. The van der Waals surface area contributed by atoms with Crippen molar-refractivity contribution in [3.8, 4) is 0 Å². The number of aliphatic imine (C=N–C) groups is 1. The molecule has 0 amide bonds. The molecule has 0 aromatic rings. The Labute approximate surface area is 152 Å². The van der Waals surface area contributed by atoms with Gasteiger partial charge in [0.1, 0.15) is 0 Å². The number of nitrogens with one attached hydrogen (secondary N) is 2. The lowest BCUT2D eigenvalue weighted by atomic mass is 10.1. The third-order valence-electron chi connectivity index (χ3n) is 3.31. The highest BCUT2D eigenvalue weighted by atomic mass is 127. The number of nitrogens with zero attached hydrogens (tertiary/aromatic N) is 1. The van der Waals surface area contributed by atoms with Crippen LogP contribution in [0.1, 0.15) is 39.5 Å². The summed E-state index contributed by atoms with van der Waals surface area (Å²) in [6, 6.07) is 0. The summed E-state index contributed by atoms with van der Waals surface area (Å²) in [5.41, 5.74) is 1.49. The minimum atomic E-state index is 0. The van der Waals surface area contributed by atoms with Gasteiger partial charge in [0.05, 0.1) is 13.2 Å². The molecule has 0 aliphatic carbocycles. The number of rotatable bonds is 10. The molecule has 130 valence electrons. The van der Waals surface area contributed by atoms with Gasteiger partial charge in [-0.3, -0.25) is 4.99 Å². The Kier molecular flexibility index (Phi) is 15.3. The Morgan fingerprint density at radius 2 is 2.18 bits per heavy atom. The van der Waals surface area contributed by atoms with E-state index in [2.05, 4.69) is 28.6 Å².